The van der Waals surface area contributed by atoms with Crippen molar-refractivity contribution in [2.45, 2.75) is 23.6 Å². The number of aromatic amines is 2. The van der Waals surface area contributed by atoms with Gasteiger partial charge in [0, 0.05) is 44.3 Å². The van der Waals surface area contributed by atoms with E-state index in [2.05, 4.69) is 19.9 Å². The highest BCUT2D eigenvalue weighted by Gasteiger charge is 2.37. The van der Waals surface area contributed by atoms with Gasteiger partial charge in [-0.15, -0.1) is 0 Å². The van der Waals surface area contributed by atoms with Gasteiger partial charge in [-0.3, -0.25) is 9.44 Å². The van der Waals surface area contributed by atoms with Crippen LogP contribution < -0.4 is 9.44 Å². The SMILES string of the molecule is Cc1ccc(S(=O)(=O)Nc2c(F)c(F)c(-c3c4nc(c(-c5c(F)c(F)c(NS(=O)(=O)c6ccc(C)cc6)c(F)c5F)c5ccc([nH]5)c(-c5c(F)c(F)c(F)c(F)c5F)c5nc(c(-c6c(F)c(F)c(F)c(F)c6F)c6ccc3[nH]6)C=C5)C=C4)c(F)c2F)cc1. The van der Waals surface area contributed by atoms with Crippen molar-refractivity contribution in [3.63, 3.8) is 0 Å². The van der Waals surface area contributed by atoms with Gasteiger partial charge >= 0.3 is 0 Å². The van der Waals surface area contributed by atoms with E-state index in [1.807, 2.05) is 0 Å². The third-order valence-electron chi connectivity index (χ3n) is 13.8. The maximum atomic E-state index is 17.0. The lowest BCUT2D eigenvalue weighted by molar-refractivity contribution is 0.381. The van der Waals surface area contributed by atoms with Gasteiger partial charge in [0.15, 0.2) is 93.1 Å². The number of fused-ring (bicyclic) bond motifs is 8. The minimum absolute atomic E-state index is 0.487. The minimum atomic E-state index is -5.11. The summed E-state index contributed by atoms with van der Waals surface area (Å²) in [6.45, 7) is 3.05. The molecule has 10 nitrogen and oxygen atoms in total. The highest BCUT2D eigenvalue weighted by Crippen LogP contribution is 2.46. The fourth-order valence-corrected chi connectivity index (χ4v) is 11.7. The highest BCUT2D eigenvalue weighted by molar-refractivity contribution is 7.93. The van der Waals surface area contributed by atoms with Gasteiger partial charge in [0.1, 0.15) is 11.4 Å². The second-order valence-electron chi connectivity index (χ2n) is 19.2. The fourth-order valence-electron chi connectivity index (χ4n) is 9.61. The van der Waals surface area contributed by atoms with E-state index in [0.29, 0.717) is 59.7 Å². The molecule has 0 amide bonds. The van der Waals surface area contributed by atoms with Gasteiger partial charge < -0.3 is 9.97 Å². The van der Waals surface area contributed by atoms with Crippen molar-refractivity contribution < 1.29 is 95.9 Å². The van der Waals surface area contributed by atoms with Crippen LogP contribution in [0.25, 0.3) is 90.9 Å². The number of nitrogens with zero attached hydrogens (tertiary/aromatic N) is 2. The summed E-state index contributed by atoms with van der Waals surface area (Å²) in [4.78, 5) is 11.3. The van der Waals surface area contributed by atoms with Crippen LogP contribution in [0.15, 0.2) is 82.6 Å². The summed E-state index contributed by atoms with van der Waals surface area (Å²) in [5, 5.41) is 0. The Hall–Kier alpha value is -9.84. The lowest BCUT2D eigenvalue weighted by atomic mass is 10.0. The van der Waals surface area contributed by atoms with Crippen molar-refractivity contribution >= 4 is 77.8 Å². The summed E-state index contributed by atoms with van der Waals surface area (Å²) in [5.74, 6) is -46.7. The highest BCUT2D eigenvalue weighted by atomic mass is 32.2. The summed E-state index contributed by atoms with van der Waals surface area (Å²) < 4.78 is 345. The number of hydrogen-bond acceptors (Lipinski definition) is 6. The van der Waals surface area contributed by atoms with Gasteiger partial charge in [0.25, 0.3) is 20.0 Å². The molecule has 0 saturated heterocycles. The molecular formula is C58H26F18N6O4S2. The maximum Gasteiger partial charge on any atom is 0.262 e. The van der Waals surface area contributed by atoms with Gasteiger partial charge in [-0.2, -0.15) is 0 Å². The number of halogens is 18. The average molecular weight is 1280 g/mol. The molecule has 30 heteroatoms. The van der Waals surface area contributed by atoms with Crippen LogP contribution >= 0.6 is 0 Å². The van der Waals surface area contributed by atoms with Gasteiger partial charge in [-0.05, 0) is 86.7 Å². The average Bonchev–Trinajstić information content (AvgIpc) is 1.58. The zero-order valence-electron chi connectivity index (χ0n) is 43.4. The molecule has 2 aliphatic heterocycles. The number of anilines is 2. The molecule has 0 spiro atoms. The minimum Gasteiger partial charge on any atom is -0.354 e. The number of hydrogen-bond donors (Lipinski definition) is 4. The Kier molecular flexibility index (Phi) is 14.7. The van der Waals surface area contributed by atoms with E-state index >= 15 is 70.2 Å². The van der Waals surface area contributed by atoms with E-state index in [1.165, 1.54) is 47.6 Å². The van der Waals surface area contributed by atoms with Crippen LogP contribution in [0, 0.1) is 119 Å². The van der Waals surface area contributed by atoms with E-state index in [-0.39, 0.29) is 0 Å². The van der Waals surface area contributed by atoms with Gasteiger partial charge in [-0.1, -0.05) is 35.4 Å². The van der Waals surface area contributed by atoms with Crippen molar-refractivity contribution in [2.75, 3.05) is 9.44 Å². The number of H-pyrrole nitrogens is 2. The standard InChI is InChI=1S/C58H26F18N6O4S2/c1-19-3-7-21(8-4-19)87(83,84)81-57-53(73)43(63)37(44(64)54(57)74)33-27-15-13-25(78-27)31(35-39(59)47(67)51(71)48(68)40(35)60)23-11-12-24(77-23)32(36-41(61)49(69)52(72)50(70)42(36)62)26-14-16-28(79-26)34(30-18-17-29(33)80-30)38-45(65)55(75)58(56(76)46(38)66)82-88(85,86)22-9-5-20(2)6-10-22/h3-18,78-79,81-82H,1-2H3. The summed E-state index contributed by atoms with van der Waals surface area (Å²) in [6, 6.07) is 11.2. The fraction of sp³-hybridized carbons (Fsp3) is 0.0345. The number of aromatic nitrogens is 4. The molecule has 0 saturated carbocycles. The van der Waals surface area contributed by atoms with Crippen LogP contribution in [0.5, 0.6) is 0 Å². The molecule has 2 aliphatic rings. The molecule has 0 aliphatic carbocycles. The predicted molar refractivity (Wildman–Crippen MR) is 284 cm³/mol. The third-order valence-corrected chi connectivity index (χ3v) is 16.6. The molecule has 8 bridgehead atoms. The molecular weight excluding hydrogens is 1250 g/mol. The molecule has 0 unspecified atom stereocenters. The summed E-state index contributed by atoms with van der Waals surface area (Å²) in [5.41, 5.74) is -24.1. The number of sulfonamides is 2. The Morgan fingerprint density at radius 1 is 0.284 bits per heavy atom. The Labute approximate surface area is 480 Å². The molecule has 3 aromatic heterocycles. The molecule has 4 N–H and O–H groups in total. The Balaban J connectivity index is 1.31. The lowest BCUT2D eigenvalue weighted by Gasteiger charge is -2.15. The van der Waals surface area contributed by atoms with Gasteiger partial charge in [0.05, 0.1) is 54.8 Å². The molecule has 6 aromatic carbocycles. The first kappa shape index (κ1) is 59.9. The van der Waals surface area contributed by atoms with Crippen LogP contribution in [0.4, 0.5) is 90.4 Å². The topological polar surface area (TPSA) is 150 Å². The van der Waals surface area contributed by atoms with Gasteiger partial charge in [0.2, 0.25) is 11.6 Å². The van der Waals surface area contributed by atoms with Crippen LogP contribution in [-0.4, -0.2) is 36.8 Å². The van der Waals surface area contributed by atoms with Crippen molar-refractivity contribution in [3.8, 4) is 44.5 Å². The molecule has 0 fully saturated rings. The monoisotopic (exact) mass is 1280 g/mol. The third kappa shape index (κ3) is 9.56. The smallest absolute Gasteiger partial charge is 0.262 e. The number of aryl methyl sites for hydroxylation is 2. The Bertz CT molecular complexity index is 4650. The van der Waals surface area contributed by atoms with Crippen LogP contribution in [0.1, 0.15) is 33.9 Å². The van der Waals surface area contributed by atoms with Crippen LogP contribution in [0.3, 0.4) is 0 Å². The molecule has 5 heterocycles. The normalized spacial score (nSPS) is 12.4. The van der Waals surface area contributed by atoms with Crippen molar-refractivity contribution in [1.29, 1.82) is 0 Å². The summed E-state index contributed by atoms with van der Waals surface area (Å²) in [6.07, 6.45) is 2.40. The van der Waals surface area contributed by atoms with E-state index < -0.39 is 235 Å². The van der Waals surface area contributed by atoms with E-state index in [9.17, 15) is 25.6 Å². The van der Waals surface area contributed by atoms with Crippen LogP contribution in [0.2, 0.25) is 0 Å². The molecule has 88 heavy (non-hydrogen) atoms. The first-order valence-corrected chi connectivity index (χ1v) is 27.5. The second-order valence-corrected chi connectivity index (χ2v) is 22.6. The molecule has 0 radical (unpaired) electrons. The Morgan fingerprint density at radius 2 is 0.489 bits per heavy atom. The van der Waals surface area contributed by atoms with Crippen molar-refractivity contribution in [3.05, 3.63) is 211 Å². The van der Waals surface area contributed by atoms with Crippen molar-refractivity contribution in [1.82, 2.24) is 19.9 Å². The molecule has 450 valence electrons. The maximum absolute atomic E-state index is 17.0. The molecule has 0 atom stereocenters. The van der Waals surface area contributed by atoms with Crippen LogP contribution in [-0.2, 0) is 20.0 Å². The largest absolute Gasteiger partial charge is 0.354 e. The van der Waals surface area contributed by atoms with E-state index in [4.69, 9.17) is 0 Å². The second kappa shape index (κ2) is 21.5. The first-order chi connectivity index (χ1) is 41.4. The molecule has 9 aromatic rings. The first-order valence-electron chi connectivity index (χ1n) is 24.6. The van der Waals surface area contributed by atoms with E-state index in [0.717, 1.165) is 24.3 Å². The quantitative estimate of drug-likeness (QED) is 0.0608. The zero-order chi connectivity index (χ0) is 63.7. The number of rotatable bonds is 10. The Morgan fingerprint density at radius 3 is 0.716 bits per heavy atom. The van der Waals surface area contributed by atoms with E-state index in [1.54, 1.807) is 0 Å². The zero-order valence-corrected chi connectivity index (χ0v) is 45.0. The van der Waals surface area contributed by atoms with Gasteiger partial charge in [-0.25, -0.2) is 106 Å². The summed E-state index contributed by atoms with van der Waals surface area (Å²) >= 11 is 0. The molecule has 11 rings (SSSR count). The van der Waals surface area contributed by atoms with Crippen molar-refractivity contribution in [2.24, 2.45) is 0 Å². The number of nitrogens with one attached hydrogen (secondary N) is 4. The number of benzene rings is 6. The predicted octanol–water partition coefficient (Wildman–Crippen LogP) is 16.0. The summed E-state index contributed by atoms with van der Waals surface area (Å²) in [7, 11) is -10.2. The lowest BCUT2D eigenvalue weighted by Crippen LogP contribution is -2.17.